The van der Waals surface area contributed by atoms with Crippen LogP contribution in [0.25, 0.3) is 0 Å². The summed E-state index contributed by atoms with van der Waals surface area (Å²) in [6, 6.07) is 5.37. The van der Waals surface area contributed by atoms with Crippen LogP contribution in [0.4, 0.5) is 0 Å². The number of Topliss-reactive ketones (excluding diaryl/α,β-unsaturated/α-hetero) is 1. The monoisotopic (exact) mass is 490 g/mol. The number of esters is 3. The number of rotatable bonds is 6. The zero-order valence-corrected chi connectivity index (χ0v) is 19.1. The summed E-state index contributed by atoms with van der Waals surface area (Å²) >= 11 is 0. The van der Waals surface area contributed by atoms with Gasteiger partial charge in [0.1, 0.15) is 22.8 Å². The van der Waals surface area contributed by atoms with E-state index in [0.29, 0.717) is 0 Å². The van der Waals surface area contributed by atoms with E-state index in [2.05, 4.69) is 4.74 Å². The van der Waals surface area contributed by atoms with Crippen molar-refractivity contribution in [3.63, 3.8) is 0 Å². The molecule has 1 aliphatic heterocycles. The highest BCUT2D eigenvalue weighted by molar-refractivity contribution is 6.10. The van der Waals surface area contributed by atoms with Gasteiger partial charge >= 0.3 is 17.9 Å². The van der Waals surface area contributed by atoms with Crippen molar-refractivity contribution in [2.45, 2.75) is 31.7 Å². The molecule has 2 atom stereocenters. The predicted octanol–water partition coefficient (Wildman–Crippen LogP) is 1.32. The summed E-state index contributed by atoms with van der Waals surface area (Å²) in [4.78, 5) is 49.3. The fraction of sp³-hybridized carbons (Fsp3) is 0.304. The van der Waals surface area contributed by atoms with Crippen LogP contribution < -0.4 is 14.2 Å². The van der Waals surface area contributed by atoms with Gasteiger partial charge < -0.3 is 39.0 Å². The number of carbonyl (C=O) groups is 4. The van der Waals surface area contributed by atoms with Gasteiger partial charge in [0.2, 0.25) is 11.4 Å². The van der Waals surface area contributed by atoms with Gasteiger partial charge in [-0.2, -0.15) is 0 Å². The number of ketones is 1. The number of hydrogen-bond acceptors (Lipinski definition) is 12. The van der Waals surface area contributed by atoms with Gasteiger partial charge in [-0.3, -0.25) is 19.2 Å². The minimum absolute atomic E-state index is 0.169. The Morgan fingerprint density at radius 1 is 0.971 bits per heavy atom. The number of carbonyl (C=O) groups excluding carboxylic acids is 4. The maximum atomic E-state index is 13.8. The van der Waals surface area contributed by atoms with E-state index in [4.69, 9.17) is 18.9 Å². The Hall–Kier alpha value is -4.16. The molecule has 35 heavy (non-hydrogen) atoms. The van der Waals surface area contributed by atoms with Crippen LogP contribution in [0.5, 0.6) is 28.7 Å². The zero-order chi connectivity index (χ0) is 26.1. The second-order valence-corrected chi connectivity index (χ2v) is 7.55. The third-order valence-corrected chi connectivity index (χ3v) is 5.23. The largest absolute Gasteiger partial charge is 0.504 e. The fourth-order valence-electron chi connectivity index (χ4n) is 3.76. The molecule has 0 fully saturated rings. The summed E-state index contributed by atoms with van der Waals surface area (Å²) in [5.74, 6) is -8.34. The van der Waals surface area contributed by atoms with Crippen molar-refractivity contribution in [3.05, 3.63) is 41.5 Å². The SMILES string of the molecule is COC(=O)C[C@]1(O)C(=O)c2c(OC(C)=O)cc(OC(C)=O)cc2O[C@]1(OC)c1ccc(O)c(O)c1. The third kappa shape index (κ3) is 4.36. The molecule has 3 rings (SSSR count). The van der Waals surface area contributed by atoms with Gasteiger partial charge in [0.15, 0.2) is 11.5 Å². The van der Waals surface area contributed by atoms with Crippen molar-refractivity contribution in [1.29, 1.82) is 0 Å². The molecule has 0 spiro atoms. The molecule has 1 heterocycles. The first kappa shape index (κ1) is 25.5. The lowest BCUT2D eigenvalue weighted by molar-refractivity contribution is -0.268. The maximum Gasteiger partial charge on any atom is 0.309 e. The van der Waals surface area contributed by atoms with Crippen molar-refractivity contribution in [2.75, 3.05) is 14.2 Å². The molecule has 3 N–H and O–H groups in total. The predicted molar refractivity (Wildman–Crippen MR) is 114 cm³/mol. The standard InChI is InChI=1S/C23H22O12/c1-11(24)33-14-8-17(34-12(2)25)20-18(9-14)35-23(32-4,13-5-6-15(26)16(27)7-13)22(30,21(20)29)10-19(28)31-3/h5-9,26-27,30H,10H2,1-4H3/t22-,23+/m0/s1. The number of ether oxygens (including phenoxy) is 5. The fourth-order valence-corrected chi connectivity index (χ4v) is 3.76. The van der Waals surface area contributed by atoms with Crippen molar-refractivity contribution in [2.24, 2.45) is 0 Å². The van der Waals surface area contributed by atoms with E-state index in [1.807, 2.05) is 0 Å². The van der Waals surface area contributed by atoms with E-state index in [1.165, 1.54) is 6.07 Å². The van der Waals surface area contributed by atoms with E-state index in [-0.39, 0.29) is 17.1 Å². The molecule has 0 saturated heterocycles. The number of phenols is 2. The highest BCUT2D eigenvalue weighted by atomic mass is 16.7. The molecule has 12 heteroatoms. The van der Waals surface area contributed by atoms with Crippen LogP contribution in [-0.4, -0.2) is 58.8 Å². The number of hydrogen-bond donors (Lipinski definition) is 3. The summed E-state index contributed by atoms with van der Waals surface area (Å²) in [5.41, 5.74) is -3.45. The molecule has 186 valence electrons. The zero-order valence-electron chi connectivity index (χ0n) is 19.1. The minimum Gasteiger partial charge on any atom is -0.504 e. The van der Waals surface area contributed by atoms with Crippen molar-refractivity contribution in [1.82, 2.24) is 0 Å². The van der Waals surface area contributed by atoms with Gasteiger partial charge in [0.25, 0.3) is 5.79 Å². The van der Waals surface area contributed by atoms with E-state index in [0.717, 1.165) is 52.3 Å². The van der Waals surface area contributed by atoms with Crippen LogP contribution in [0.3, 0.4) is 0 Å². The Bertz CT molecular complexity index is 1220. The van der Waals surface area contributed by atoms with E-state index in [1.54, 1.807) is 0 Å². The number of fused-ring (bicyclic) bond motifs is 1. The van der Waals surface area contributed by atoms with Crippen LogP contribution >= 0.6 is 0 Å². The third-order valence-electron chi connectivity index (χ3n) is 5.23. The second-order valence-electron chi connectivity index (χ2n) is 7.55. The number of methoxy groups -OCH3 is 2. The topological polar surface area (TPSA) is 175 Å². The van der Waals surface area contributed by atoms with E-state index >= 15 is 0 Å². The summed E-state index contributed by atoms with van der Waals surface area (Å²) in [5, 5.41) is 31.5. The Kier molecular flexibility index (Phi) is 6.72. The molecule has 0 aliphatic carbocycles. The number of aliphatic hydroxyl groups is 1. The molecular weight excluding hydrogens is 468 g/mol. The molecule has 0 aromatic heterocycles. The van der Waals surface area contributed by atoms with E-state index < -0.39 is 64.3 Å². The highest BCUT2D eigenvalue weighted by Crippen LogP contribution is 2.52. The Morgan fingerprint density at radius 3 is 2.17 bits per heavy atom. The summed E-state index contributed by atoms with van der Waals surface area (Å²) in [6.45, 7) is 2.17. The Morgan fingerprint density at radius 2 is 1.63 bits per heavy atom. The van der Waals surface area contributed by atoms with Crippen LogP contribution in [0.1, 0.15) is 36.2 Å². The van der Waals surface area contributed by atoms with Crippen molar-refractivity contribution >= 4 is 23.7 Å². The summed E-state index contributed by atoms with van der Waals surface area (Å²) in [6.07, 6.45) is -0.984. The first-order chi connectivity index (χ1) is 16.4. The lowest BCUT2D eigenvalue weighted by Crippen LogP contribution is -2.64. The molecule has 0 bridgehead atoms. The highest BCUT2D eigenvalue weighted by Gasteiger charge is 2.65. The first-order valence-electron chi connectivity index (χ1n) is 10.0. The number of phenolic OH excluding ortho intramolecular Hbond substituents is 2. The maximum absolute atomic E-state index is 13.8. The van der Waals surface area contributed by atoms with Gasteiger partial charge in [-0.1, -0.05) is 0 Å². The lowest BCUT2D eigenvalue weighted by atomic mass is 9.76. The minimum atomic E-state index is -2.83. The Balaban J connectivity index is 2.37. The molecule has 1 aliphatic rings. The molecule has 12 nitrogen and oxygen atoms in total. The van der Waals surface area contributed by atoms with Gasteiger partial charge in [0, 0.05) is 38.7 Å². The quantitative estimate of drug-likeness (QED) is 0.301. The molecule has 0 saturated carbocycles. The van der Waals surface area contributed by atoms with Crippen LogP contribution in [0.2, 0.25) is 0 Å². The smallest absolute Gasteiger partial charge is 0.309 e. The molecule has 0 unspecified atom stereocenters. The van der Waals surface area contributed by atoms with Gasteiger partial charge in [-0.25, -0.2) is 0 Å². The normalized spacial score (nSPS) is 20.9. The van der Waals surface area contributed by atoms with Crippen molar-refractivity contribution in [3.8, 4) is 28.7 Å². The molecule has 0 amide bonds. The van der Waals surface area contributed by atoms with Gasteiger partial charge in [-0.05, 0) is 18.2 Å². The van der Waals surface area contributed by atoms with Crippen LogP contribution in [0, 0.1) is 0 Å². The number of benzene rings is 2. The van der Waals surface area contributed by atoms with Gasteiger partial charge in [-0.15, -0.1) is 0 Å². The average molecular weight is 490 g/mol. The van der Waals surface area contributed by atoms with Crippen LogP contribution in [0.15, 0.2) is 30.3 Å². The summed E-state index contributed by atoms with van der Waals surface area (Å²) < 4.78 is 26.2. The average Bonchev–Trinajstić information content (AvgIpc) is 2.77. The first-order valence-corrected chi connectivity index (χ1v) is 10.0. The molecule has 2 aromatic rings. The molecule has 0 radical (unpaired) electrons. The lowest BCUT2D eigenvalue weighted by Gasteiger charge is -2.47. The van der Waals surface area contributed by atoms with E-state index in [9.17, 15) is 34.5 Å². The second kappa shape index (κ2) is 9.24. The van der Waals surface area contributed by atoms with Gasteiger partial charge in [0.05, 0.1) is 13.5 Å². The number of aromatic hydroxyl groups is 2. The van der Waals surface area contributed by atoms with Crippen molar-refractivity contribution < 1.29 is 58.2 Å². The molecule has 2 aromatic carbocycles. The summed E-state index contributed by atoms with van der Waals surface area (Å²) in [7, 11) is 2.09. The Labute approximate surface area is 198 Å². The molecular formula is C23H22O12. The van der Waals surface area contributed by atoms with Crippen LogP contribution in [-0.2, 0) is 29.6 Å².